The van der Waals surface area contributed by atoms with E-state index in [2.05, 4.69) is 15.6 Å². The highest BCUT2D eigenvalue weighted by Gasteiger charge is 2.29. The summed E-state index contributed by atoms with van der Waals surface area (Å²) in [6, 6.07) is 0. The van der Waals surface area contributed by atoms with Crippen LogP contribution in [0.25, 0.3) is 0 Å². The van der Waals surface area contributed by atoms with E-state index in [0.29, 0.717) is 12.8 Å². The molecule has 0 radical (unpaired) electrons. The molecule has 1 fully saturated rings. The highest BCUT2D eigenvalue weighted by Crippen LogP contribution is 2.19. The quantitative estimate of drug-likeness (QED) is 0.531. The van der Waals surface area contributed by atoms with Crippen LogP contribution in [0.4, 0.5) is 0 Å². The zero-order valence-corrected chi connectivity index (χ0v) is 8.83. The molecule has 1 aliphatic heterocycles. The van der Waals surface area contributed by atoms with Crippen LogP contribution in [0.2, 0.25) is 0 Å². The molecule has 0 bridgehead atoms. The molecule has 0 aliphatic carbocycles. The molecule has 1 unspecified atom stereocenters. The van der Waals surface area contributed by atoms with Gasteiger partial charge in [0.05, 0.1) is 5.54 Å². The minimum absolute atomic E-state index is 0.0169. The highest BCUT2D eigenvalue weighted by atomic mass is 16.3. The van der Waals surface area contributed by atoms with Crippen molar-refractivity contribution in [2.24, 2.45) is 4.99 Å². The van der Waals surface area contributed by atoms with Crippen molar-refractivity contribution in [1.82, 2.24) is 10.6 Å². The fourth-order valence-electron chi connectivity index (χ4n) is 1.24. The maximum absolute atomic E-state index is 10.9. The molecule has 0 aromatic carbocycles. The topological polar surface area (TPSA) is 90.8 Å². The highest BCUT2D eigenvalue weighted by molar-refractivity contribution is 6.45. The van der Waals surface area contributed by atoms with E-state index in [1.807, 2.05) is 13.8 Å². The third-order valence-corrected chi connectivity index (χ3v) is 2.46. The van der Waals surface area contributed by atoms with E-state index in [1.54, 1.807) is 0 Å². The third-order valence-electron chi connectivity index (χ3n) is 2.46. The average Bonchev–Trinajstić information content (AvgIpc) is 2.46. The predicted octanol–water partition coefficient (Wildman–Crippen LogP) is -0.860. The summed E-state index contributed by atoms with van der Waals surface area (Å²) < 4.78 is 0. The molecule has 0 aromatic heterocycles. The normalized spacial score (nSPS) is 19.5. The molecule has 15 heavy (non-hydrogen) atoms. The number of hydrogen-bond acceptors (Lipinski definition) is 4. The standard InChI is InChI=1S/C9H15N3O3/c1-3-9(2,4-5-13)12-8-10-6(14)7(15)11-8/h13H,3-5H2,1-2H3,(H2,10,11,12,14,15). The molecule has 1 heterocycles. The van der Waals surface area contributed by atoms with Crippen LogP contribution in [0.1, 0.15) is 26.7 Å². The Hall–Kier alpha value is -1.43. The number of carbonyl (C=O) groups is 2. The lowest BCUT2D eigenvalue weighted by molar-refractivity contribution is -0.135. The van der Waals surface area contributed by atoms with Gasteiger partial charge >= 0.3 is 11.8 Å². The number of aliphatic hydroxyl groups excluding tert-OH is 1. The molecule has 84 valence electrons. The van der Waals surface area contributed by atoms with Gasteiger partial charge in [0.25, 0.3) is 0 Å². The largest absolute Gasteiger partial charge is 0.396 e. The Kier molecular flexibility index (Phi) is 3.41. The van der Waals surface area contributed by atoms with Crippen LogP contribution in [0.3, 0.4) is 0 Å². The van der Waals surface area contributed by atoms with Gasteiger partial charge in [-0.1, -0.05) is 6.92 Å². The zero-order valence-electron chi connectivity index (χ0n) is 8.83. The van der Waals surface area contributed by atoms with Gasteiger partial charge in [0.1, 0.15) is 0 Å². The SMILES string of the molecule is CCC(C)(CCO)N=C1NC(=O)C(=O)N1. The van der Waals surface area contributed by atoms with Crippen LogP contribution in [0.15, 0.2) is 4.99 Å². The fourth-order valence-corrected chi connectivity index (χ4v) is 1.24. The Morgan fingerprint density at radius 2 is 1.87 bits per heavy atom. The number of carbonyl (C=O) groups excluding carboxylic acids is 2. The van der Waals surface area contributed by atoms with Crippen LogP contribution in [0.5, 0.6) is 0 Å². The average molecular weight is 213 g/mol. The number of aliphatic imine (C=N–C) groups is 1. The lowest BCUT2D eigenvalue weighted by Crippen LogP contribution is -2.33. The molecule has 0 saturated carbocycles. The van der Waals surface area contributed by atoms with Crippen LogP contribution >= 0.6 is 0 Å². The Morgan fingerprint density at radius 3 is 2.27 bits per heavy atom. The maximum atomic E-state index is 10.9. The van der Waals surface area contributed by atoms with Gasteiger partial charge in [-0.15, -0.1) is 0 Å². The molecule has 1 aliphatic rings. The number of nitrogens with zero attached hydrogens (tertiary/aromatic N) is 1. The molecular weight excluding hydrogens is 198 g/mol. The van der Waals surface area contributed by atoms with Gasteiger partial charge in [-0.3, -0.25) is 20.2 Å². The molecule has 1 atom stereocenters. The Labute approximate surface area is 87.8 Å². The van der Waals surface area contributed by atoms with Gasteiger partial charge in [-0.25, -0.2) is 4.99 Å². The molecule has 1 rings (SSSR count). The lowest BCUT2D eigenvalue weighted by atomic mass is 9.96. The predicted molar refractivity (Wildman–Crippen MR) is 54.1 cm³/mol. The van der Waals surface area contributed by atoms with E-state index in [9.17, 15) is 9.59 Å². The summed E-state index contributed by atoms with van der Waals surface area (Å²) in [6.07, 6.45) is 1.20. The number of hydrogen-bond donors (Lipinski definition) is 3. The van der Waals surface area contributed by atoms with E-state index in [0.717, 1.165) is 0 Å². The zero-order chi connectivity index (χ0) is 11.5. The Morgan fingerprint density at radius 1 is 1.33 bits per heavy atom. The molecule has 0 spiro atoms. The van der Waals surface area contributed by atoms with Crippen LogP contribution < -0.4 is 10.6 Å². The van der Waals surface area contributed by atoms with Gasteiger partial charge in [0, 0.05) is 6.61 Å². The smallest absolute Gasteiger partial charge is 0.316 e. The van der Waals surface area contributed by atoms with Gasteiger partial charge < -0.3 is 5.11 Å². The number of guanidine groups is 1. The number of rotatable bonds is 4. The molecule has 2 amide bonds. The molecule has 3 N–H and O–H groups in total. The Balaban J connectivity index is 2.77. The van der Waals surface area contributed by atoms with Crippen LogP contribution in [-0.2, 0) is 9.59 Å². The van der Waals surface area contributed by atoms with E-state index < -0.39 is 17.4 Å². The molecule has 6 heteroatoms. The van der Waals surface area contributed by atoms with Crippen molar-refractivity contribution < 1.29 is 14.7 Å². The van der Waals surface area contributed by atoms with E-state index in [1.165, 1.54) is 0 Å². The van der Waals surface area contributed by atoms with Crippen molar-refractivity contribution in [2.75, 3.05) is 6.61 Å². The van der Waals surface area contributed by atoms with Crippen molar-refractivity contribution in [1.29, 1.82) is 0 Å². The van der Waals surface area contributed by atoms with Gasteiger partial charge in [-0.05, 0) is 19.8 Å². The van der Waals surface area contributed by atoms with E-state index in [-0.39, 0.29) is 12.6 Å². The first-order chi connectivity index (χ1) is 7.00. The second-order valence-corrected chi connectivity index (χ2v) is 3.69. The number of nitrogens with one attached hydrogen (secondary N) is 2. The van der Waals surface area contributed by atoms with Crippen molar-refractivity contribution in [3.05, 3.63) is 0 Å². The molecule has 1 saturated heterocycles. The van der Waals surface area contributed by atoms with Crippen LogP contribution in [-0.4, -0.2) is 35.0 Å². The first-order valence-electron chi connectivity index (χ1n) is 4.84. The monoisotopic (exact) mass is 213 g/mol. The fraction of sp³-hybridized carbons (Fsp3) is 0.667. The summed E-state index contributed by atoms with van der Waals surface area (Å²) in [6.45, 7) is 3.80. The molecular formula is C9H15N3O3. The second kappa shape index (κ2) is 4.39. The summed E-state index contributed by atoms with van der Waals surface area (Å²) in [5.41, 5.74) is -0.463. The van der Waals surface area contributed by atoms with Gasteiger partial charge in [-0.2, -0.15) is 0 Å². The summed E-state index contributed by atoms with van der Waals surface area (Å²) in [5, 5.41) is 13.5. The molecule has 0 aromatic rings. The van der Waals surface area contributed by atoms with Crippen LogP contribution in [0, 0.1) is 0 Å². The first-order valence-corrected chi connectivity index (χ1v) is 4.84. The van der Waals surface area contributed by atoms with E-state index >= 15 is 0 Å². The summed E-state index contributed by atoms with van der Waals surface area (Å²) >= 11 is 0. The van der Waals surface area contributed by atoms with Crippen molar-refractivity contribution in [3.63, 3.8) is 0 Å². The third kappa shape index (κ3) is 2.76. The minimum atomic E-state index is -0.698. The van der Waals surface area contributed by atoms with Crippen molar-refractivity contribution in [2.45, 2.75) is 32.2 Å². The lowest BCUT2D eigenvalue weighted by Gasteiger charge is -2.22. The maximum Gasteiger partial charge on any atom is 0.316 e. The van der Waals surface area contributed by atoms with Gasteiger partial charge in [0.15, 0.2) is 0 Å². The minimum Gasteiger partial charge on any atom is -0.396 e. The summed E-state index contributed by atoms with van der Waals surface area (Å²) in [7, 11) is 0. The van der Waals surface area contributed by atoms with Gasteiger partial charge in [0.2, 0.25) is 5.96 Å². The Bertz CT molecular complexity index is 296. The first kappa shape index (κ1) is 11.6. The van der Waals surface area contributed by atoms with Crippen molar-refractivity contribution >= 4 is 17.8 Å². The second-order valence-electron chi connectivity index (χ2n) is 3.69. The van der Waals surface area contributed by atoms with E-state index in [4.69, 9.17) is 5.11 Å². The number of aliphatic hydroxyl groups is 1. The molecule has 6 nitrogen and oxygen atoms in total. The summed E-state index contributed by atoms with van der Waals surface area (Å²) in [4.78, 5) is 25.9. The van der Waals surface area contributed by atoms with Crippen molar-refractivity contribution in [3.8, 4) is 0 Å². The summed E-state index contributed by atoms with van der Waals surface area (Å²) in [5.74, 6) is -1.23. The number of amides is 2.